The van der Waals surface area contributed by atoms with Crippen molar-refractivity contribution in [3.8, 4) is 0 Å². The minimum atomic E-state index is 0.749. The second-order valence-electron chi connectivity index (χ2n) is 4.66. The lowest BCUT2D eigenvalue weighted by Crippen LogP contribution is -2.43. The van der Waals surface area contributed by atoms with Crippen LogP contribution in [0.2, 0.25) is 0 Å². The minimum absolute atomic E-state index is 0.749. The van der Waals surface area contributed by atoms with Crippen LogP contribution in [-0.2, 0) is 6.54 Å². The number of hydrogen-bond donors (Lipinski definition) is 1. The molecule has 1 N–H and O–H groups in total. The Balaban J connectivity index is 1.64. The molecule has 1 fully saturated rings. The van der Waals surface area contributed by atoms with E-state index in [0.29, 0.717) is 0 Å². The van der Waals surface area contributed by atoms with Crippen LogP contribution < -0.4 is 5.32 Å². The van der Waals surface area contributed by atoms with E-state index in [1.807, 2.05) is 11.3 Å². The van der Waals surface area contributed by atoms with Crippen molar-refractivity contribution in [2.24, 2.45) is 0 Å². The number of thiophene rings is 1. The van der Waals surface area contributed by atoms with Crippen molar-refractivity contribution in [1.82, 2.24) is 10.2 Å². The lowest BCUT2D eigenvalue weighted by Gasteiger charge is -2.32. The van der Waals surface area contributed by atoms with Crippen LogP contribution in [0.1, 0.15) is 17.4 Å². The first-order valence-electron chi connectivity index (χ1n) is 6.33. The van der Waals surface area contributed by atoms with Gasteiger partial charge in [0.2, 0.25) is 0 Å². The Bertz CT molecular complexity index is 338. The van der Waals surface area contributed by atoms with Crippen LogP contribution in [0, 0.1) is 6.92 Å². The van der Waals surface area contributed by atoms with Crippen LogP contribution in [0.15, 0.2) is 11.4 Å². The Morgan fingerprint density at radius 1 is 1.53 bits per heavy atom. The SMILES string of the molecule is Cc1ccsc1CNCCN1CCSCC1C. The Hall–Kier alpha value is -0.0300. The van der Waals surface area contributed by atoms with Gasteiger partial charge in [-0.3, -0.25) is 4.90 Å². The molecule has 2 heterocycles. The highest BCUT2D eigenvalue weighted by molar-refractivity contribution is 7.99. The number of nitrogens with zero attached hydrogens (tertiary/aromatic N) is 1. The first kappa shape index (κ1) is 13.4. The summed E-state index contributed by atoms with van der Waals surface area (Å²) in [5.41, 5.74) is 1.42. The maximum atomic E-state index is 3.56. The van der Waals surface area contributed by atoms with Gasteiger partial charge in [-0.25, -0.2) is 0 Å². The molecular weight excluding hydrogens is 248 g/mol. The molecule has 96 valence electrons. The van der Waals surface area contributed by atoms with Crippen molar-refractivity contribution < 1.29 is 0 Å². The monoisotopic (exact) mass is 270 g/mol. The molecule has 0 bridgehead atoms. The van der Waals surface area contributed by atoms with E-state index in [0.717, 1.165) is 19.1 Å². The molecule has 2 rings (SSSR count). The van der Waals surface area contributed by atoms with Crippen LogP contribution in [0.25, 0.3) is 0 Å². The summed E-state index contributed by atoms with van der Waals surface area (Å²) in [6, 6.07) is 2.95. The van der Waals surface area contributed by atoms with Crippen LogP contribution in [-0.4, -0.2) is 42.1 Å². The Morgan fingerprint density at radius 3 is 3.12 bits per heavy atom. The summed E-state index contributed by atoms with van der Waals surface area (Å²) in [4.78, 5) is 4.08. The average molecular weight is 270 g/mol. The van der Waals surface area contributed by atoms with Crippen molar-refractivity contribution in [1.29, 1.82) is 0 Å². The molecule has 1 aliphatic heterocycles. The standard InChI is InChI=1S/C13H22N2S2/c1-11-3-7-17-13(11)9-14-4-5-15-6-8-16-10-12(15)2/h3,7,12,14H,4-6,8-10H2,1-2H3. The molecule has 1 aromatic heterocycles. The molecule has 0 aromatic carbocycles. The van der Waals surface area contributed by atoms with Gasteiger partial charge in [-0.1, -0.05) is 0 Å². The molecule has 2 nitrogen and oxygen atoms in total. The third-order valence-corrected chi connectivity index (χ3v) is 5.55. The summed E-state index contributed by atoms with van der Waals surface area (Å²) in [5.74, 6) is 2.60. The fraction of sp³-hybridized carbons (Fsp3) is 0.692. The highest BCUT2D eigenvalue weighted by Gasteiger charge is 2.17. The van der Waals surface area contributed by atoms with Gasteiger partial charge in [0.1, 0.15) is 0 Å². The van der Waals surface area contributed by atoms with E-state index in [1.54, 1.807) is 0 Å². The van der Waals surface area contributed by atoms with Crippen molar-refractivity contribution >= 4 is 23.1 Å². The van der Waals surface area contributed by atoms with E-state index in [1.165, 1.54) is 35.0 Å². The van der Waals surface area contributed by atoms with Gasteiger partial charge in [-0.05, 0) is 30.9 Å². The molecule has 1 aliphatic rings. The largest absolute Gasteiger partial charge is 0.311 e. The van der Waals surface area contributed by atoms with E-state index >= 15 is 0 Å². The summed E-state index contributed by atoms with van der Waals surface area (Å²) in [6.07, 6.45) is 0. The molecule has 0 aliphatic carbocycles. The third kappa shape index (κ3) is 3.98. The second kappa shape index (κ2) is 6.78. The van der Waals surface area contributed by atoms with Gasteiger partial charge in [0.25, 0.3) is 0 Å². The number of thioether (sulfide) groups is 1. The molecule has 0 amide bonds. The topological polar surface area (TPSA) is 15.3 Å². The average Bonchev–Trinajstić information content (AvgIpc) is 2.73. The summed E-state index contributed by atoms with van der Waals surface area (Å²) in [6.45, 7) is 9.11. The molecule has 1 saturated heterocycles. The number of nitrogens with one attached hydrogen (secondary N) is 1. The van der Waals surface area contributed by atoms with Gasteiger partial charge in [-0.15, -0.1) is 11.3 Å². The van der Waals surface area contributed by atoms with Gasteiger partial charge in [-0.2, -0.15) is 11.8 Å². The van der Waals surface area contributed by atoms with Crippen molar-refractivity contribution in [2.45, 2.75) is 26.4 Å². The highest BCUT2D eigenvalue weighted by atomic mass is 32.2. The normalized spacial score (nSPS) is 21.9. The van der Waals surface area contributed by atoms with Crippen molar-refractivity contribution in [3.63, 3.8) is 0 Å². The molecule has 0 spiro atoms. The number of hydrogen-bond acceptors (Lipinski definition) is 4. The predicted molar refractivity (Wildman–Crippen MR) is 79.1 cm³/mol. The third-order valence-electron chi connectivity index (χ3n) is 3.33. The zero-order chi connectivity index (χ0) is 12.1. The van der Waals surface area contributed by atoms with Crippen molar-refractivity contribution in [2.75, 3.05) is 31.1 Å². The Kier molecular flexibility index (Phi) is 5.35. The summed E-state index contributed by atoms with van der Waals surface area (Å²) >= 11 is 3.94. The molecule has 17 heavy (non-hydrogen) atoms. The van der Waals surface area contributed by atoms with Gasteiger partial charge in [0.05, 0.1) is 0 Å². The fourth-order valence-corrected chi connectivity index (χ4v) is 4.06. The smallest absolute Gasteiger partial charge is 0.0302 e. The molecule has 0 radical (unpaired) electrons. The predicted octanol–water partition coefficient (Wildman–Crippen LogP) is 2.58. The number of aryl methyl sites for hydroxylation is 1. The van der Waals surface area contributed by atoms with Gasteiger partial charge in [0, 0.05) is 48.6 Å². The lowest BCUT2D eigenvalue weighted by atomic mass is 10.3. The lowest BCUT2D eigenvalue weighted by molar-refractivity contribution is 0.233. The fourth-order valence-electron chi connectivity index (χ4n) is 2.10. The minimum Gasteiger partial charge on any atom is -0.311 e. The number of rotatable bonds is 5. The van der Waals surface area contributed by atoms with Gasteiger partial charge >= 0.3 is 0 Å². The van der Waals surface area contributed by atoms with Gasteiger partial charge < -0.3 is 5.32 Å². The van der Waals surface area contributed by atoms with Gasteiger partial charge in [0.15, 0.2) is 0 Å². The quantitative estimate of drug-likeness (QED) is 0.828. The first-order chi connectivity index (χ1) is 8.27. The van der Waals surface area contributed by atoms with Crippen LogP contribution in [0.4, 0.5) is 0 Å². The molecule has 4 heteroatoms. The highest BCUT2D eigenvalue weighted by Crippen LogP contribution is 2.16. The summed E-state index contributed by atoms with van der Waals surface area (Å²) in [5, 5.41) is 5.74. The molecular formula is C13H22N2S2. The Morgan fingerprint density at radius 2 is 2.41 bits per heavy atom. The van der Waals surface area contributed by atoms with Crippen LogP contribution >= 0.6 is 23.1 Å². The summed E-state index contributed by atoms with van der Waals surface area (Å²) < 4.78 is 0. The molecule has 0 saturated carbocycles. The maximum absolute atomic E-state index is 3.56. The molecule has 1 atom stereocenters. The summed E-state index contributed by atoms with van der Waals surface area (Å²) in [7, 11) is 0. The first-order valence-corrected chi connectivity index (χ1v) is 8.36. The van der Waals surface area contributed by atoms with Crippen LogP contribution in [0.3, 0.4) is 0 Å². The van der Waals surface area contributed by atoms with Crippen LogP contribution in [0.5, 0.6) is 0 Å². The Labute approximate surface area is 113 Å². The zero-order valence-corrected chi connectivity index (χ0v) is 12.4. The van der Waals surface area contributed by atoms with Crippen molar-refractivity contribution in [3.05, 3.63) is 21.9 Å². The van der Waals surface area contributed by atoms with E-state index < -0.39 is 0 Å². The van der Waals surface area contributed by atoms with E-state index in [2.05, 4.69) is 47.3 Å². The van der Waals surface area contributed by atoms with E-state index in [9.17, 15) is 0 Å². The molecule has 1 unspecified atom stereocenters. The van der Waals surface area contributed by atoms with E-state index in [4.69, 9.17) is 0 Å². The zero-order valence-electron chi connectivity index (χ0n) is 10.7. The van der Waals surface area contributed by atoms with E-state index in [-0.39, 0.29) is 0 Å². The molecule has 1 aromatic rings. The maximum Gasteiger partial charge on any atom is 0.0302 e. The second-order valence-corrected chi connectivity index (χ2v) is 6.81.